The first-order valence-electron chi connectivity index (χ1n) is 17.4. The number of carbonyl (C=O) groups is 2. The molecule has 5 aromatic carbocycles. The molecule has 0 spiro atoms. The number of nitrogens with zero attached hydrogens (tertiary/aromatic N) is 6. The van der Waals surface area contributed by atoms with E-state index in [1.54, 1.807) is 48.5 Å². The van der Waals surface area contributed by atoms with E-state index in [0.717, 1.165) is 21.9 Å². The lowest BCUT2D eigenvalue weighted by Gasteiger charge is -2.13. The number of benzene rings is 5. The molecule has 0 fully saturated rings. The van der Waals surface area contributed by atoms with Gasteiger partial charge in [-0.25, -0.2) is 9.59 Å². The zero-order valence-electron chi connectivity index (χ0n) is 30.4. The summed E-state index contributed by atoms with van der Waals surface area (Å²) in [5.74, 6) is 0.824. The molecule has 2 aromatic heterocycles. The summed E-state index contributed by atoms with van der Waals surface area (Å²) in [4.78, 5) is 53.1. The van der Waals surface area contributed by atoms with Gasteiger partial charge in [0.05, 0.1) is 0 Å². The van der Waals surface area contributed by atoms with Gasteiger partial charge < -0.3 is 30.7 Å². The van der Waals surface area contributed by atoms with Gasteiger partial charge in [-0.05, 0) is 115 Å². The molecule has 0 saturated heterocycles. The molecule has 16 heteroatoms. The van der Waals surface area contributed by atoms with Gasteiger partial charge in [0.25, 0.3) is 0 Å². The quantitative estimate of drug-likeness (QED) is 0.0412. The van der Waals surface area contributed by atoms with Gasteiger partial charge in [0.15, 0.2) is 10.3 Å². The Morgan fingerprint density at radius 2 is 0.810 bits per heavy atom. The fourth-order valence-corrected chi connectivity index (χ4v) is 6.47. The predicted octanol–water partition coefficient (Wildman–Crippen LogP) is 9.52. The molecule has 2 heterocycles. The summed E-state index contributed by atoms with van der Waals surface area (Å²) in [6.45, 7) is 6.86. The largest absolute Gasteiger partial charge is 0.423 e. The summed E-state index contributed by atoms with van der Waals surface area (Å²) >= 11 is 2.77. The highest BCUT2D eigenvalue weighted by atomic mass is 32.2. The molecule has 0 aliphatic rings. The summed E-state index contributed by atoms with van der Waals surface area (Å²) in [5, 5.41) is 13.9. The van der Waals surface area contributed by atoms with Crippen LogP contribution in [0.2, 0.25) is 0 Å². The molecule has 0 aliphatic heterocycles. The van der Waals surface area contributed by atoms with Crippen molar-refractivity contribution in [2.45, 2.75) is 20.1 Å². The second kappa shape index (κ2) is 18.9. The average Bonchev–Trinajstić information content (AvgIpc) is 3.23. The van der Waals surface area contributed by atoms with Crippen LogP contribution in [-0.4, -0.2) is 41.8 Å². The number of esters is 2. The number of hydrogen-bond acceptors (Lipinski definition) is 16. The van der Waals surface area contributed by atoms with Crippen LogP contribution >= 0.6 is 23.5 Å². The van der Waals surface area contributed by atoms with E-state index in [4.69, 9.17) is 19.4 Å². The molecule has 4 N–H and O–H groups in total. The van der Waals surface area contributed by atoms with Crippen molar-refractivity contribution in [2.24, 2.45) is 0 Å². The van der Waals surface area contributed by atoms with E-state index < -0.39 is 11.9 Å². The highest BCUT2D eigenvalue weighted by Gasteiger charge is 2.13. The van der Waals surface area contributed by atoms with Gasteiger partial charge in [-0.15, -0.1) is 0 Å². The summed E-state index contributed by atoms with van der Waals surface area (Å²) < 4.78 is 10.4. The molecular weight excluding hydrogens is 773 g/mol. The lowest BCUT2D eigenvalue weighted by atomic mass is 10.3. The van der Waals surface area contributed by atoms with Crippen molar-refractivity contribution < 1.29 is 19.1 Å². The van der Waals surface area contributed by atoms with Crippen molar-refractivity contribution in [3.63, 3.8) is 0 Å². The molecule has 0 aliphatic carbocycles. The molecule has 0 amide bonds. The van der Waals surface area contributed by atoms with Crippen molar-refractivity contribution >= 4 is 82.0 Å². The van der Waals surface area contributed by atoms with Crippen LogP contribution in [-0.2, 0) is 9.59 Å². The van der Waals surface area contributed by atoms with E-state index in [1.807, 2.05) is 84.9 Å². The van der Waals surface area contributed by atoms with Crippen LogP contribution in [0.5, 0.6) is 11.5 Å². The summed E-state index contributed by atoms with van der Waals surface area (Å²) in [5.41, 5.74) is 2.68. The van der Waals surface area contributed by atoms with E-state index in [-0.39, 0.29) is 0 Å². The second-order valence-corrected chi connectivity index (χ2v) is 13.8. The Labute approximate surface area is 341 Å². The second-order valence-electron chi connectivity index (χ2n) is 11.7. The molecule has 14 nitrogen and oxygen atoms in total. The molecular formula is C42H32N10O4S2. The van der Waals surface area contributed by atoms with Gasteiger partial charge in [0.2, 0.25) is 23.8 Å². The monoisotopic (exact) mass is 804 g/mol. The fourth-order valence-electron chi connectivity index (χ4n) is 4.94. The van der Waals surface area contributed by atoms with Gasteiger partial charge in [-0.1, -0.05) is 55.6 Å². The smallest absolute Gasteiger partial charge is 0.335 e. The molecule has 286 valence electrons. The van der Waals surface area contributed by atoms with Gasteiger partial charge in [0, 0.05) is 44.7 Å². The SMILES string of the molecule is C=CC(=O)Oc1ccc(Nc2nc(Nc3cccc(Nc4nc(Nc5ccc(OC(=O)C=C)cc5)nc(Sc5ccccc5)n4)c3)nc(Sc3ccccc3)n2)cc1. The Bertz CT molecular complexity index is 2370. The molecule has 7 rings (SSSR count). The van der Waals surface area contributed by atoms with Crippen molar-refractivity contribution in [1.29, 1.82) is 0 Å². The van der Waals surface area contributed by atoms with Crippen molar-refractivity contribution in [1.82, 2.24) is 29.9 Å². The van der Waals surface area contributed by atoms with Gasteiger partial charge in [-0.2, -0.15) is 29.9 Å². The van der Waals surface area contributed by atoms with E-state index >= 15 is 0 Å². The number of rotatable bonds is 16. The Kier molecular flexibility index (Phi) is 12.6. The number of nitrogens with one attached hydrogen (secondary N) is 4. The number of carbonyl (C=O) groups excluding carboxylic acids is 2. The fraction of sp³-hybridized carbons (Fsp3) is 0. The Morgan fingerprint density at radius 3 is 1.17 bits per heavy atom. The molecule has 0 bridgehead atoms. The molecule has 58 heavy (non-hydrogen) atoms. The Balaban J connectivity index is 1.12. The third-order valence-electron chi connectivity index (χ3n) is 7.50. The molecule has 0 unspecified atom stereocenters. The molecule has 7 aromatic rings. The lowest BCUT2D eigenvalue weighted by Crippen LogP contribution is -2.06. The van der Waals surface area contributed by atoms with Crippen molar-refractivity contribution in [3.8, 4) is 11.5 Å². The summed E-state index contributed by atoms with van der Waals surface area (Å²) in [6, 6.07) is 40.6. The van der Waals surface area contributed by atoms with Crippen LogP contribution in [0, 0.1) is 0 Å². The van der Waals surface area contributed by atoms with Crippen LogP contribution in [0.4, 0.5) is 46.5 Å². The third-order valence-corrected chi connectivity index (χ3v) is 9.25. The van der Waals surface area contributed by atoms with Crippen LogP contribution in [0.25, 0.3) is 0 Å². The van der Waals surface area contributed by atoms with Gasteiger partial charge in [-0.3, -0.25) is 0 Å². The molecule has 0 atom stereocenters. The highest BCUT2D eigenvalue weighted by molar-refractivity contribution is 7.99. The number of anilines is 8. The number of hydrogen-bond donors (Lipinski definition) is 4. The molecule has 0 saturated carbocycles. The Morgan fingerprint density at radius 1 is 0.448 bits per heavy atom. The normalized spacial score (nSPS) is 10.5. The first-order valence-corrected chi connectivity index (χ1v) is 19.0. The van der Waals surface area contributed by atoms with E-state index in [1.165, 1.54) is 23.5 Å². The van der Waals surface area contributed by atoms with Crippen LogP contribution in [0.3, 0.4) is 0 Å². The zero-order chi connectivity index (χ0) is 40.1. The van der Waals surface area contributed by atoms with Crippen molar-refractivity contribution in [3.05, 3.63) is 159 Å². The maximum absolute atomic E-state index is 11.6. The maximum Gasteiger partial charge on any atom is 0.335 e. The summed E-state index contributed by atoms with van der Waals surface area (Å²) in [6.07, 6.45) is 2.20. The van der Waals surface area contributed by atoms with Crippen molar-refractivity contribution in [2.75, 3.05) is 21.3 Å². The highest BCUT2D eigenvalue weighted by Crippen LogP contribution is 2.30. The first-order chi connectivity index (χ1) is 28.3. The van der Waals surface area contributed by atoms with E-state index in [0.29, 0.717) is 68.4 Å². The summed E-state index contributed by atoms with van der Waals surface area (Å²) in [7, 11) is 0. The van der Waals surface area contributed by atoms with Crippen LogP contribution in [0.15, 0.2) is 179 Å². The van der Waals surface area contributed by atoms with Crippen LogP contribution < -0.4 is 30.7 Å². The topological polar surface area (TPSA) is 178 Å². The lowest BCUT2D eigenvalue weighted by molar-refractivity contribution is -0.129. The maximum atomic E-state index is 11.6. The third kappa shape index (κ3) is 11.2. The van der Waals surface area contributed by atoms with Crippen LogP contribution in [0.1, 0.15) is 0 Å². The average molecular weight is 805 g/mol. The van der Waals surface area contributed by atoms with E-state index in [9.17, 15) is 9.59 Å². The number of aromatic nitrogens is 6. The number of ether oxygens (including phenoxy) is 2. The standard InChI is InChI=1S/C42H32N10O4S2/c1-3-35(53)55-31-22-18-27(19-23-31)43-37-47-39(51-41(49-37)57-33-14-7-5-8-15-33)45-29-12-11-13-30(26-29)46-40-48-38(50-42(52-40)58-34-16-9-6-10-17-34)44-28-20-24-32(25-21-28)56-36(54)4-2/h3-26H,1-2H2,(H2,43,45,47,49,51)(H2,44,46,48,50,52). The van der Waals surface area contributed by atoms with Gasteiger partial charge in [0.1, 0.15) is 11.5 Å². The zero-order valence-corrected chi connectivity index (χ0v) is 32.0. The first kappa shape index (κ1) is 38.7. The Hall–Kier alpha value is -7.56. The minimum absolute atomic E-state index is 0.294. The molecule has 0 radical (unpaired) electrons. The minimum Gasteiger partial charge on any atom is -0.423 e. The van der Waals surface area contributed by atoms with E-state index in [2.05, 4.69) is 54.4 Å². The minimum atomic E-state index is -0.549. The van der Waals surface area contributed by atoms with Gasteiger partial charge >= 0.3 is 11.9 Å². The predicted molar refractivity (Wildman–Crippen MR) is 225 cm³/mol.